The molecular formula is C22H30N2O3. The number of unbranched alkanes of at least 4 members (excludes halogenated alkanes) is 1. The monoisotopic (exact) mass is 370 g/mol. The normalized spacial score (nSPS) is 15.0. The maximum atomic E-state index is 10.9. The fourth-order valence-electron chi connectivity index (χ4n) is 3.68. The zero-order chi connectivity index (χ0) is 19.1. The van der Waals surface area contributed by atoms with E-state index in [1.54, 1.807) is 0 Å². The van der Waals surface area contributed by atoms with Crippen LogP contribution in [0.1, 0.15) is 70.0 Å². The summed E-state index contributed by atoms with van der Waals surface area (Å²) in [7, 11) is 0. The van der Waals surface area contributed by atoms with Crippen molar-refractivity contribution in [2.75, 3.05) is 6.61 Å². The van der Waals surface area contributed by atoms with Crippen molar-refractivity contribution in [2.45, 2.75) is 70.8 Å². The third-order valence-corrected chi connectivity index (χ3v) is 5.22. The number of benzene rings is 1. The van der Waals surface area contributed by atoms with Crippen LogP contribution in [0.4, 0.5) is 0 Å². The first-order chi connectivity index (χ1) is 13.2. The molecule has 0 unspecified atom stereocenters. The van der Waals surface area contributed by atoms with Gasteiger partial charge in [0.25, 0.3) is 0 Å². The van der Waals surface area contributed by atoms with Gasteiger partial charge in [-0.3, -0.25) is 9.48 Å². The number of carboxylic acid groups (broad SMARTS) is 1. The molecule has 1 aromatic heterocycles. The number of aryl methyl sites for hydroxylation is 1. The zero-order valence-corrected chi connectivity index (χ0v) is 16.2. The molecule has 1 N–H and O–H groups in total. The lowest BCUT2D eigenvalue weighted by atomic mass is 9.95. The van der Waals surface area contributed by atoms with Gasteiger partial charge in [0, 0.05) is 12.0 Å². The Kier molecular flexibility index (Phi) is 6.91. The molecule has 0 radical (unpaired) electrons. The van der Waals surface area contributed by atoms with Crippen LogP contribution in [0, 0.1) is 0 Å². The summed E-state index contributed by atoms with van der Waals surface area (Å²) in [5, 5.41) is 13.8. The molecule has 1 aliphatic carbocycles. The van der Waals surface area contributed by atoms with Crippen LogP contribution in [-0.2, 0) is 11.2 Å². The first-order valence-corrected chi connectivity index (χ1v) is 10.2. The first kappa shape index (κ1) is 19.5. The van der Waals surface area contributed by atoms with Crippen molar-refractivity contribution in [2.24, 2.45) is 0 Å². The SMILES string of the molecule is CCCCOc1ccc(-c2cc(CCC(=O)O)nn2C2CCCCC2)cc1. The maximum absolute atomic E-state index is 10.9. The van der Waals surface area contributed by atoms with Crippen molar-refractivity contribution in [3.8, 4) is 17.0 Å². The minimum Gasteiger partial charge on any atom is -0.494 e. The Balaban J connectivity index is 1.81. The fourth-order valence-corrected chi connectivity index (χ4v) is 3.68. The van der Waals surface area contributed by atoms with Crippen molar-refractivity contribution in [3.63, 3.8) is 0 Å². The Morgan fingerprint density at radius 1 is 1.22 bits per heavy atom. The van der Waals surface area contributed by atoms with Crippen LogP contribution in [0.5, 0.6) is 5.75 Å². The molecular weight excluding hydrogens is 340 g/mol. The summed E-state index contributed by atoms with van der Waals surface area (Å²) in [6.45, 7) is 2.90. The predicted octanol–water partition coefficient (Wildman–Crippen LogP) is 5.25. The molecule has 1 fully saturated rings. The van der Waals surface area contributed by atoms with Crippen LogP contribution in [0.3, 0.4) is 0 Å². The molecule has 0 bridgehead atoms. The average molecular weight is 370 g/mol. The molecule has 0 amide bonds. The van der Waals surface area contributed by atoms with Gasteiger partial charge in [-0.25, -0.2) is 0 Å². The van der Waals surface area contributed by atoms with E-state index in [0.717, 1.165) is 55.0 Å². The molecule has 0 aliphatic heterocycles. The van der Waals surface area contributed by atoms with E-state index in [2.05, 4.69) is 29.8 Å². The molecule has 0 spiro atoms. The molecule has 1 saturated carbocycles. The molecule has 146 valence electrons. The van der Waals surface area contributed by atoms with E-state index in [-0.39, 0.29) is 6.42 Å². The highest BCUT2D eigenvalue weighted by Crippen LogP contribution is 2.33. The van der Waals surface area contributed by atoms with E-state index in [1.165, 1.54) is 19.3 Å². The highest BCUT2D eigenvalue weighted by Gasteiger charge is 2.21. The number of rotatable bonds is 9. The van der Waals surface area contributed by atoms with Crippen LogP contribution in [0.15, 0.2) is 30.3 Å². The van der Waals surface area contributed by atoms with E-state index >= 15 is 0 Å². The predicted molar refractivity (Wildman–Crippen MR) is 106 cm³/mol. The number of nitrogens with zero attached hydrogens (tertiary/aromatic N) is 2. The van der Waals surface area contributed by atoms with E-state index in [9.17, 15) is 4.79 Å². The van der Waals surface area contributed by atoms with Crippen molar-refractivity contribution >= 4 is 5.97 Å². The standard InChI is InChI=1S/C22H30N2O3/c1-2-3-15-27-20-12-9-17(10-13-20)21-16-18(11-14-22(25)26)23-24(21)19-7-5-4-6-8-19/h9-10,12-13,16,19H,2-8,11,14-15H2,1H3,(H,25,26). The Labute approximate surface area is 161 Å². The number of hydrogen-bond acceptors (Lipinski definition) is 3. The molecule has 5 heteroatoms. The average Bonchev–Trinajstić information content (AvgIpc) is 3.12. The summed E-state index contributed by atoms with van der Waals surface area (Å²) >= 11 is 0. The van der Waals surface area contributed by atoms with Gasteiger partial charge < -0.3 is 9.84 Å². The Morgan fingerprint density at radius 2 is 1.96 bits per heavy atom. The minimum absolute atomic E-state index is 0.116. The summed E-state index contributed by atoms with van der Waals surface area (Å²) in [6.07, 6.45) is 8.82. The number of ether oxygens (including phenoxy) is 1. The number of carboxylic acids is 1. The van der Waals surface area contributed by atoms with Crippen LogP contribution in [0.2, 0.25) is 0 Å². The zero-order valence-electron chi connectivity index (χ0n) is 16.2. The van der Waals surface area contributed by atoms with Gasteiger partial charge in [0.15, 0.2) is 0 Å². The number of aromatic nitrogens is 2. The van der Waals surface area contributed by atoms with Gasteiger partial charge in [0.2, 0.25) is 0 Å². The second kappa shape index (κ2) is 9.58. The van der Waals surface area contributed by atoms with Gasteiger partial charge in [0.05, 0.1) is 30.5 Å². The molecule has 1 aromatic carbocycles. The van der Waals surface area contributed by atoms with Crippen LogP contribution < -0.4 is 4.74 Å². The van der Waals surface area contributed by atoms with Crippen molar-refractivity contribution in [1.82, 2.24) is 9.78 Å². The van der Waals surface area contributed by atoms with E-state index in [1.807, 2.05) is 12.1 Å². The first-order valence-electron chi connectivity index (χ1n) is 10.2. The van der Waals surface area contributed by atoms with E-state index in [4.69, 9.17) is 14.9 Å². The van der Waals surface area contributed by atoms with Crippen molar-refractivity contribution < 1.29 is 14.6 Å². The molecule has 1 heterocycles. The molecule has 27 heavy (non-hydrogen) atoms. The number of carbonyl (C=O) groups is 1. The van der Waals surface area contributed by atoms with Crippen LogP contribution in [-0.4, -0.2) is 27.5 Å². The number of aliphatic carboxylic acids is 1. The lowest BCUT2D eigenvalue weighted by molar-refractivity contribution is -0.136. The van der Waals surface area contributed by atoms with Crippen LogP contribution >= 0.6 is 0 Å². The van der Waals surface area contributed by atoms with E-state index in [0.29, 0.717) is 12.5 Å². The smallest absolute Gasteiger partial charge is 0.303 e. The van der Waals surface area contributed by atoms with Crippen molar-refractivity contribution in [3.05, 3.63) is 36.0 Å². The third kappa shape index (κ3) is 5.34. The molecule has 0 saturated heterocycles. The Hall–Kier alpha value is -2.30. The van der Waals surface area contributed by atoms with Gasteiger partial charge in [-0.15, -0.1) is 0 Å². The third-order valence-electron chi connectivity index (χ3n) is 5.22. The maximum Gasteiger partial charge on any atom is 0.303 e. The minimum atomic E-state index is -0.780. The van der Waals surface area contributed by atoms with Gasteiger partial charge in [-0.1, -0.05) is 32.6 Å². The lowest BCUT2D eigenvalue weighted by Crippen LogP contribution is -2.15. The second-order valence-corrected chi connectivity index (χ2v) is 7.38. The summed E-state index contributed by atoms with van der Waals surface area (Å²) in [5.74, 6) is 0.111. The van der Waals surface area contributed by atoms with Crippen molar-refractivity contribution in [1.29, 1.82) is 0 Å². The largest absolute Gasteiger partial charge is 0.494 e. The highest BCUT2D eigenvalue weighted by molar-refractivity contribution is 5.67. The number of hydrogen-bond donors (Lipinski definition) is 1. The molecule has 3 rings (SSSR count). The van der Waals surface area contributed by atoms with Gasteiger partial charge in [-0.2, -0.15) is 5.10 Å². The summed E-state index contributed by atoms with van der Waals surface area (Å²) in [6, 6.07) is 10.7. The summed E-state index contributed by atoms with van der Waals surface area (Å²) < 4.78 is 7.91. The quantitative estimate of drug-likeness (QED) is 0.612. The second-order valence-electron chi connectivity index (χ2n) is 7.38. The lowest BCUT2D eigenvalue weighted by Gasteiger charge is -2.24. The molecule has 2 aromatic rings. The van der Waals surface area contributed by atoms with Crippen LogP contribution in [0.25, 0.3) is 11.3 Å². The highest BCUT2D eigenvalue weighted by atomic mass is 16.5. The topological polar surface area (TPSA) is 64.3 Å². The Morgan fingerprint density at radius 3 is 2.63 bits per heavy atom. The molecule has 5 nitrogen and oxygen atoms in total. The summed E-state index contributed by atoms with van der Waals surface area (Å²) in [4.78, 5) is 10.9. The van der Waals surface area contributed by atoms with Gasteiger partial charge >= 0.3 is 5.97 Å². The molecule has 0 atom stereocenters. The fraction of sp³-hybridized carbons (Fsp3) is 0.545. The molecule has 1 aliphatic rings. The summed E-state index contributed by atoms with van der Waals surface area (Å²) in [5.41, 5.74) is 3.06. The van der Waals surface area contributed by atoms with Gasteiger partial charge in [-0.05, 0) is 49.6 Å². The van der Waals surface area contributed by atoms with E-state index < -0.39 is 5.97 Å². The Bertz CT molecular complexity index is 731. The van der Waals surface area contributed by atoms with Gasteiger partial charge in [0.1, 0.15) is 5.75 Å².